The van der Waals surface area contributed by atoms with Crippen LogP contribution < -0.4 is 13.8 Å². The molecule has 7 nitrogen and oxygen atoms in total. The Bertz CT molecular complexity index is 1000. The van der Waals surface area contributed by atoms with E-state index in [1.54, 1.807) is 30.5 Å². The van der Waals surface area contributed by atoms with Crippen LogP contribution in [0.2, 0.25) is 0 Å². The van der Waals surface area contributed by atoms with Gasteiger partial charge in [-0.3, -0.25) is 0 Å². The number of ether oxygens (including phenoxy) is 3. The second kappa shape index (κ2) is 11.2. The van der Waals surface area contributed by atoms with Crippen LogP contribution in [0.15, 0.2) is 41.4 Å². The molecule has 1 fully saturated rings. The van der Waals surface area contributed by atoms with Crippen LogP contribution in [-0.4, -0.2) is 46.9 Å². The van der Waals surface area contributed by atoms with E-state index >= 15 is 0 Å². The predicted octanol–water partition coefficient (Wildman–Crippen LogP) is 4.87. The summed E-state index contributed by atoms with van der Waals surface area (Å²) in [6.45, 7) is 10.5. The van der Waals surface area contributed by atoms with Crippen LogP contribution in [0.1, 0.15) is 52.0 Å². The van der Waals surface area contributed by atoms with Crippen LogP contribution in [0, 0.1) is 11.8 Å². The van der Waals surface area contributed by atoms with Gasteiger partial charge in [0.15, 0.2) is 11.6 Å². The standard InChI is InChI=1S/C25H36N2O5S/c1-18(2)16-27(25-24(30-5)14-21(15-26-25)19(3)4)33(28,29)23-8-6-22(7-9-23)32-17-20-10-12-31-13-11-20/h6-9,14-15,18-20H,10-13,16-17H2,1-5H3. The molecule has 0 spiro atoms. The molecule has 33 heavy (non-hydrogen) atoms. The number of methoxy groups -OCH3 is 1. The van der Waals surface area contributed by atoms with Gasteiger partial charge in [-0.05, 0) is 66.5 Å². The predicted molar refractivity (Wildman–Crippen MR) is 130 cm³/mol. The largest absolute Gasteiger partial charge is 0.493 e. The number of pyridine rings is 1. The summed E-state index contributed by atoms with van der Waals surface area (Å²) in [5.41, 5.74) is 0.989. The van der Waals surface area contributed by atoms with Crippen molar-refractivity contribution in [2.24, 2.45) is 11.8 Å². The van der Waals surface area contributed by atoms with Crippen molar-refractivity contribution in [2.75, 3.05) is 37.8 Å². The molecule has 0 bridgehead atoms. The van der Waals surface area contributed by atoms with Crippen LogP contribution in [0.25, 0.3) is 0 Å². The molecule has 3 rings (SSSR count). The summed E-state index contributed by atoms with van der Waals surface area (Å²) < 4.78 is 45.5. The Morgan fingerprint density at radius 1 is 1.12 bits per heavy atom. The molecule has 0 N–H and O–H groups in total. The van der Waals surface area contributed by atoms with Gasteiger partial charge in [0.05, 0.1) is 18.6 Å². The Morgan fingerprint density at radius 2 is 1.79 bits per heavy atom. The molecule has 1 saturated heterocycles. The SMILES string of the molecule is COc1cc(C(C)C)cnc1N(CC(C)C)S(=O)(=O)c1ccc(OCC2CCOCC2)cc1. The number of nitrogens with zero attached hydrogens (tertiary/aromatic N) is 2. The number of anilines is 1. The molecule has 1 aliphatic heterocycles. The smallest absolute Gasteiger partial charge is 0.265 e. The minimum absolute atomic E-state index is 0.0955. The van der Waals surface area contributed by atoms with Gasteiger partial charge in [0, 0.05) is 26.0 Å². The molecule has 0 aliphatic carbocycles. The Kier molecular flexibility index (Phi) is 8.59. The molecular formula is C25H36N2O5S. The van der Waals surface area contributed by atoms with Gasteiger partial charge in [-0.25, -0.2) is 17.7 Å². The fraction of sp³-hybridized carbons (Fsp3) is 0.560. The van der Waals surface area contributed by atoms with E-state index in [2.05, 4.69) is 18.8 Å². The lowest BCUT2D eigenvalue weighted by molar-refractivity contribution is 0.0497. The first-order valence-electron chi connectivity index (χ1n) is 11.6. The monoisotopic (exact) mass is 476 g/mol. The summed E-state index contributed by atoms with van der Waals surface area (Å²) in [4.78, 5) is 4.69. The summed E-state index contributed by atoms with van der Waals surface area (Å²) in [5, 5.41) is 0. The minimum atomic E-state index is -3.85. The zero-order valence-electron chi connectivity index (χ0n) is 20.3. The number of hydrogen-bond acceptors (Lipinski definition) is 6. The average molecular weight is 477 g/mol. The van der Waals surface area contributed by atoms with Crippen molar-refractivity contribution in [1.29, 1.82) is 0 Å². The maximum Gasteiger partial charge on any atom is 0.265 e. The zero-order valence-corrected chi connectivity index (χ0v) is 21.1. The highest BCUT2D eigenvalue weighted by Crippen LogP contribution is 2.34. The number of rotatable bonds is 10. The molecule has 0 unspecified atom stereocenters. The highest BCUT2D eigenvalue weighted by molar-refractivity contribution is 7.92. The molecular weight excluding hydrogens is 440 g/mol. The molecule has 182 valence electrons. The summed E-state index contributed by atoms with van der Waals surface area (Å²) in [5.74, 6) is 2.23. The molecule has 1 aliphatic rings. The van der Waals surface area contributed by atoms with E-state index in [9.17, 15) is 8.42 Å². The second-order valence-corrected chi connectivity index (χ2v) is 11.1. The third-order valence-corrected chi connectivity index (χ3v) is 7.52. The third kappa shape index (κ3) is 6.38. The maximum atomic E-state index is 13.6. The van der Waals surface area contributed by atoms with E-state index in [1.807, 2.05) is 19.9 Å². The summed E-state index contributed by atoms with van der Waals surface area (Å²) >= 11 is 0. The van der Waals surface area contributed by atoms with Crippen LogP contribution in [-0.2, 0) is 14.8 Å². The summed E-state index contributed by atoms with van der Waals surface area (Å²) in [6.07, 6.45) is 3.70. The number of sulfonamides is 1. The quantitative estimate of drug-likeness (QED) is 0.487. The molecule has 0 radical (unpaired) electrons. The normalized spacial score (nSPS) is 15.1. The van der Waals surface area contributed by atoms with E-state index in [0.29, 0.717) is 29.8 Å². The number of benzene rings is 1. The van der Waals surface area contributed by atoms with Crippen molar-refractivity contribution >= 4 is 15.8 Å². The van der Waals surface area contributed by atoms with E-state index in [1.165, 1.54) is 11.4 Å². The van der Waals surface area contributed by atoms with Crippen molar-refractivity contribution in [2.45, 2.75) is 51.3 Å². The average Bonchev–Trinajstić information content (AvgIpc) is 2.81. The minimum Gasteiger partial charge on any atom is -0.493 e. The Balaban J connectivity index is 1.85. The van der Waals surface area contributed by atoms with Crippen molar-refractivity contribution in [3.8, 4) is 11.5 Å². The molecule has 0 atom stereocenters. The first-order chi connectivity index (χ1) is 15.7. The highest BCUT2D eigenvalue weighted by Gasteiger charge is 2.29. The van der Waals surface area contributed by atoms with Gasteiger partial charge < -0.3 is 14.2 Å². The van der Waals surface area contributed by atoms with Gasteiger partial charge in [0.1, 0.15) is 5.75 Å². The third-order valence-electron chi connectivity index (χ3n) is 5.75. The van der Waals surface area contributed by atoms with Crippen LogP contribution in [0.5, 0.6) is 11.5 Å². The lowest BCUT2D eigenvalue weighted by Gasteiger charge is -2.27. The molecule has 1 aromatic carbocycles. The van der Waals surface area contributed by atoms with Gasteiger partial charge >= 0.3 is 0 Å². The van der Waals surface area contributed by atoms with Crippen LogP contribution >= 0.6 is 0 Å². The number of hydrogen-bond donors (Lipinski definition) is 0. The molecule has 2 heterocycles. The van der Waals surface area contributed by atoms with Crippen molar-refractivity contribution in [3.05, 3.63) is 42.1 Å². The van der Waals surface area contributed by atoms with E-state index < -0.39 is 10.0 Å². The topological polar surface area (TPSA) is 78.0 Å². The van der Waals surface area contributed by atoms with Gasteiger partial charge in [-0.1, -0.05) is 27.7 Å². The summed E-state index contributed by atoms with van der Waals surface area (Å²) in [6, 6.07) is 8.48. The fourth-order valence-electron chi connectivity index (χ4n) is 3.70. The van der Waals surface area contributed by atoms with Gasteiger partial charge in [0.25, 0.3) is 10.0 Å². The Morgan fingerprint density at radius 3 is 2.36 bits per heavy atom. The summed E-state index contributed by atoms with van der Waals surface area (Å²) in [7, 11) is -2.31. The fourth-order valence-corrected chi connectivity index (χ4v) is 5.29. The first kappa shape index (κ1) is 25.3. The second-order valence-electron chi connectivity index (χ2n) is 9.22. The van der Waals surface area contributed by atoms with Crippen LogP contribution in [0.3, 0.4) is 0 Å². The first-order valence-corrected chi connectivity index (χ1v) is 13.0. The van der Waals surface area contributed by atoms with Crippen molar-refractivity contribution in [1.82, 2.24) is 4.98 Å². The van der Waals surface area contributed by atoms with Crippen molar-refractivity contribution in [3.63, 3.8) is 0 Å². The van der Waals surface area contributed by atoms with Gasteiger partial charge in [-0.15, -0.1) is 0 Å². The molecule has 1 aromatic heterocycles. The number of aromatic nitrogens is 1. The molecule has 8 heteroatoms. The lowest BCUT2D eigenvalue weighted by Crippen LogP contribution is -2.35. The van der Waals surface area contributed by atoms with Crippen molar-refractivity contribution < 1.29 is 22.6 Å². The van der Waals surface area contributed by atoms with E-state index in [0.717, 1.165) is 31.6 Å². The Hall–Kier alpha value is -2.32. The molecule has 0 saturated carbocycles. The zero-order chi connectivity index (χ0) is 24.0. The molecule has 0 amide bonds. The van der Waals surface area contributed by atoms with E-state index in [4.69, 9.17) is 14.2 Å². The maximum absolute atomic E-state index is 13.6. The van der Waals surface area contributed by atoms with E-state index in [-0.39, 0.29) is 23.3 Å². The Labute approximate surface area is 198 Å². The molecule has 2 aromatic rings. The highest BCUT2D eigenvalue weighted by atomic mass is 32.2. The van der Waals surface area contributed by atoms with Crippen LogP contribution in [0.4, 0.5) is 5.82 Å². The van der Waals surface area contributed by atoms with Gasteiger partial charge in [0.2, 0.25) is 0 Å². The lowest BCUT2D eigenvalue weighted by atomic mass is 10.0. The van der Waals surface area contributed by atoms with Gasteiger partial charge in [-0.2, -0.15) is 0 Å².